The van der Waals surface area contributed by atoms with Gasteiger partial charge in [-0.3, -0.25) is 4.68 Å². The van der Waals surface area contributed by atoms with Gasteiger partial charge in [0.25, 0.3) is 0 Å². The molecule has 0 spiro atoms. The first-order valence-electron chi connectivity index (χ1n) is 8.26. The molecule has 3 aromatic heterocycles. The van der Waals surface area contributed by atoms with E-state index >= 15 is 0 Å². The molecule has 0 saturated carbocycles. The monoisotopic (exact) mass is 313 g/mol. The Balaban J connectivity index is 0.000000924. The van der Waals surface area contributed by atoms with Gasteiger partial charge in [-0.1, -0.05) is 27.7 Å². The zero-order chi connectivity index (χ0) is 17.3. The fourth-order valence-corrected chi connectivity index (χ4v) is 3.09. The number of aryl methyl sites for hydroxylation is 3. The number of pyridine rings is 1. The quantitative estimate of drug-likeness (QED) is 0.711. The minimum absolute atomic E-state index is 0.467. The Morgan fingerprint density at radius 3 is 2.22 bits per heavy atom. The molecule has 0 radical (unpaired) electrons. The summed E-state index contributed by atoms with van der Waals surface area (Å²) in [6, 6.07) is 2.12. The van der Waals surface area contributed by atoms with Gasteiger partial charge in [-0.25, -0.2) is 9.67 Å². The first kappa shape index (κ1) is 17.2. The van der Waals surface area contributed by atoms with Gasteiger partial charge in [0, 0.05) is 24.3 Å². The first-order chi connectivity index (χ1) is 10.9. The van der Waals surface area contributed by atoms with Crippen molar-refractivity contribution >= 4 is 11.0 Å². The molecule has 124 valence electrons. The molecule has 0 amide bonds. The third-order valence-electron chi connectivity index (χ3n) is 3.93. The average Bonchev–Trinajstić information content (AvgIpc) is 2.98. The molecule has 0 saturated heterocycles. The molecule has 5 nitrogen and oxygen atoms in total. The number of fused-ring (bicyclic) bond motifs is 1. The van der Waals surface area contributed by atoms with Crippen molar-refractivity contribution in [2.24, 2.45) is 7.05 Å². The third-order valence-corrected chi connectivity index (χ3v) is 3.93. The van der Waals surface area contributed by atoms with E-state index in [9.17, 15) is 0 Å². The lowest BCUT2D eigenvalue weighted by Gasteiger charge is -2.09. The van der Waals surface area contributed by atoms with Crippen molar-refractivity contribution in [1.29, 1.82) is 0 Å². The molecule has 0 aliphatic rings. The summed E-state index contributed by atoms with van der Waals surface area (Å²) in [5, 5.41) is 10.1. The van der Waals surface area contributed by atoms with E-state index < -0.39 is 0 Å². The van der Waals surface area contributed by atoms with Gasteiger partial charge in [-0.15, -0.1) is 0 Å². The fraction of sp³-hybridized carbons (Fsp3) is 0.500. The van der Waals surface area contributed by atoms with Gasteiger partial charge in [-0.2, -0.15) is 10.2 Å². The molecule has 0 N–H and O–H groups in total. The molecule has 0 bridgehead atoms. The van der Waals surface area contributed by atoms with Gasteiger partial charge in [-0.05, 0) is 38.3 Å². The minimum atomic E-state index is 0.467. The van der Waals surface area contributed by atoms with Crippen LogP contribution in [0.5, 0.6) is 0 Å². The van der Waals surface area contributed by atoms with E-state index in [1.54, 1.807) is 4.68 Å². The highest BCUT2D eigenvalue weighted by molar-refractivity contribution is 5.77. The van der Waals surface area contributed by atoms with Gasteiger partial charge in [0.2, 0.25) is 0 Å². The van der Waals surface area contributed by atoms with E-state index in [0.29, 0.717) is 5.92 Å². The van der Waals surface area contributed by atoms with E-state index in [1.165, 1.54) is 11.3 Å². The molecule has 3 rings (SSSR count). The van der Waals surface area contributed by atoms with Crippen molar-refractivity contribution in [3.63, 3.8) is 0 Å². The van der Waals surface area contributed by atoms with Crippen molar-refractivity contribution in [3.05, 3.63) is 34.9 Å². The summed E-state index contributed by atoms with van der Waals surface area (Å²) < 4.78 is 3.81. The van der Waals surface area contributed by atoms with E-state index in [2.05, 4.69) is 43.8 Å². The maximum absolute atomic E-state index is 4.73. The Bertz CT molecular complexity index is 824. The molecular weight excluding hydrogens is 286 g/mol. The molecular formula is C18H27N5. The number of aromatic nitrogens is 5. The fourth-order valence-electron chi connectivity index (χ4n) is 3.09. The summed E-state index contributed by atoms with van der Waals surface area (Å²) in [5.74, 6) is 0.467. The van der Waals surface area contributed by atoms with Crippen molar-refractivity contribution in [2.75, 3.05) is 0 Å². The molecule has 3 aromatic rings. The van der Waals surface area contributed by atoms with Crippen LogP contribution in [-0.2, 0) is 7.05 Å². The van der Waals surface area contributed by atoms with Crippen LogP contribution in [0.25, 0.3) is 16.7 Å². The smallest absolute Gasteiger partial charge is 0.181 e. The van der Waals surface area contributed by atoms with Crippen molar-refractivity contribution in [2.45, 2.75) is 54.4 Å². The number of rotatable bonds is 2. The summed E-state index contributed by atoms with van der Waals surface area (Å²) in [5.41, 5.74) is 6.36. The van der Waals surface area contributed by atoms with Gasteiger partial charge in [0.1, 0.15) is 0 Å². The number of nitrogens with zero attached hydrogens (tertiary/aromatic N) is 5. The Morgan fingerprint density at radius 1 is 1.00 bits per heavy atom. The van der Waals surface area contributed by atoms with Gasteiger partial charge in [0.15, 0.2) is 5.65 Å². The highest BCUT2D eigenvalue weighted by atomic mass is 15.3. The van der Waals surface area contributed by atoms with Gasteiger partial charge >= 0.3 is 0 Å². The van der Waals surface area contributed by atoms with Crippen LogP contribution in [0.3, 0.4) is 0 Å². The number of hydrogen-bond donors (Lipinski definition) is 0. The lowest BCUT2D eigenvalue weighted by Crippen LogP contribution is -2.04. The molecule has 5 heteroatoms. The molecule has 0 aliphatic heterocycles. The van der Waals surface area contributed by atoms with Crippen molar-refractivity contribution in [3.8, 4) is 5.69 Å². The van der Waals surface area contributed by atoms with E-state index in [4.69, 9.17) is 5.10 Å². The van der Waals surface area contributed by atoms with Crippen LogP contribution in [-0.4, -0.2) is 24.5 Å². The Hall–Kier alpha value is -2.17. The highest BCUT2D eigenvalue weighted by Gasteiger charge is 2.17. The molecule has 23 heavy (non-hydrogen) atoms. The molecule has 0 fully saturated rings. The molecule has 0 unspecified atom stereocenters. The van der Waals surface area contributed by atoms with Crippen LogP contribution in [0.15, 0.2) is 12.3 Å². The first-order valence-corrected chi connectivity index (χ1v) is 8.26. The summed E-state index contributed by atoms with van der Waals surface area (Å²) >= 11 is 0. The SMILES string of the molecule is CC.Cc1nc2nn(C)cc2cc1-n1nc(C)c(C(C)C)c1C. The second kappa shape index (κ2) is 6.52. The maximum Gasteiger partial charge on any atom is 0.181 e. The zero-order valence-corrected chi connectivity index (χ0v) is 15.5. The Morgan fingerprint density at radius 2 is 1.65 bits per heavy atom. The zero-order valence-electron chi connectivity index (χ0n) is 15.5. The summed E-state index contributed by atoms with van der Waals surface area (Å²) in [6.07, 6.45) is 1.99. The Kier molecular flexibility index (Phi) is 4.88. The van der Waals surface area contributed by atoms with E-state index in [0.717, 1.165) is 28.1 Å². The second-order valence-corrected chi connectivity index (χ2v) is 5.96. The van der Waals surface area contributed by atoms with Crippen LogP contribution in [0.4, 0.5) is 0 Å². The van der Waals surface area contributed by atoms with Crippen LogP contribution >= 0.6 is 0 Å². The van der Waals surface area contributed by atoms with Crippen molar-refractivity contribution < 1.29 is 0 Å². The van der Waals surface area contributed by atoms with Gasteiger partial charge in [0.05, 0.1) is 17.1 Å². The molecule has 0 aliphatic carbocycles. The van der Waals surface area contributed by atoms with Crippen LogP contribution in [0.2, 0.25) is 0 Å². The summed E-state index contributed by atoms with van der Waals surface area (Å²) in [6.45, 7) is 14.6. The summed E-state index contributed by atoms with van der Waals surface area (Å²) in [7, 11) is 1.91. The lowest BCUT2D eigenvalue weighted by molar-refractivity contribution is 0.774. The largest absolute Gasteiger partial charge is 0.273 e. The average molecular weight is 313 g/mol. The molecule has 0 atom stereocenters. The minimum Gasteiger partial charge on any atom is -0.273 e. The normalized spacial score (nSPS) is 11.0. The summed E-state index contributed by atoms with van der Waals surface area (Å²) in [4.78, 5) is 4.60. The van der Waals surface area contributed by atoms with Gasteiger partial charge < -0.3 is 0 Å². The maximum atomic E-state index is 4.73. The molecule has 0 aromatic carbocycles. The Labute approximate surface area is 138 Å². The van der Waals surface area contributed by atoms with Crippen LogP contribution in [0.1, 0.15) is 56.3 Å². The highest BCUT2D eigenvalue weighted by Crippen LogP contribution is 2.27. The van der Waals surface area contributed by atoms with Crippen molar-refractivity contribution in [1.82, 2.24) is 24.5 Å². The third kappa shape index (κ3) is 3.00. The lowest BCUT2D eigenvalue weighted by atomic mass is 10.0. The standard InChI is InChI=1S/C16H21N5.C2H6/c1-9(2)15-11(4)18-21(12(15)5)14-7-13-8-20(6)19-16(13)17-10(14)3;1-2/h7-9H,1-6H3;1-2H3. The van der Waals surface area contributed by atoms with Crippen LogP contribution in [0, 0.1) is 20.8 Å². The number of hydrogen-bond acceptors (Lipinski definition) is 3. The van der Waals surface area contributed by atoms with E-state index in [1.807, 2.05) is 38.7 Å². The topological polar surface area (TPSA) is 48.5 Å². The van der Waals surface area contributed by atoms with Crippen LogP contribution < -0.4 is 0 Å². The predicted octanol–water partition coefficient (Wildman–Crippen LogP) is 4.23. The predicted molar refractivity (Wildman–Crippen MR) is 95.3 cm³/mol. The second-order valence-electron chi connectivity index (χ2n) is 5.96. The molecule has 3 heterocycles. The van der Waals surface area contributed by atoms with E-state index in [-0.39, 0.29) is 0 Å².